The van der Waals surface area contributed by atoms with Crippen molar-refractivity contribution in [2.45, 2.75) is 0 Å². The molecular weight excluding hydrogens is 777 g/mol. The summed E-state index contributed by atoms with van der Waals surface area (Å²) < 4.78 is 0. The lowest BCUT2D eigenvalue weighted by atomic mass is 9.83. The highest BCUT2D eigenvalue weighted by Gasteiger charge is 2.20. The van der Waals surface area contributed by atoms with E-state index in [4.69, 9.17) is 0 Å². The maximum absolute atomic E-state index is 4.44. The summed E-state index contributed by atoms with van der Waals surface area (Å²) in [5.41, 5.74) is 15.8. The molecule has 2 aromatic heterocycles. The maximum atomic E-state index is 4.44. The number of benzene rings is 9. The van der Waals surface area contributed by atoms with Crippen LogP contribution in [0, 0.1) is 0 Å². The van der Waals surface area contributed by atoms with Gasteiger partial charge in [-0.1, -0.05) is 121 Å². The first-order chi connectivity index (χ1) is 31.8. The Balaban J connectivity index is 1.05. The molecule has 302 valence electrons. The second-order valence-electron chi connectivity index (χ2n) is 15.8. The standard InChI is InChI=1S/C60H42N4/c1-5-13-49(14-6-1)63(50-15-7-2-8-16-50)53-27-21-43(22-28-53)47-25-31-55-56-32-26-48(44-23-29-54(30-24-44)64(51-17-9-3-10-18-51)52-19-11-4-12-20-52)42-58(56)60(46-35-39-62-40-36-46)59(57(55)41-47)45-33-37-61-38-34-45/h1-42H. The summed E-state index contributed by atoms with van der Waals surface area (Å²) in [6, 6.07) is 82.4. The van der Waals surface area contributed by atoms with E-state index in [2.05, 4.69) is 250 Å². The number of anilines is 6. The molecule has 0 bridgehead atoms. The smallest absolute Gasteiger partial charge is 0.0462 e. The van der Waals surface area contributed by atoms with E-state index < -0.39 is 0 Å². The Labute approximate surface area is 373 Å². The van der Waals surface area contributed by atoms with Gasteiger partial charge in [0.1, 0.15) is 0 Å². The summed E-state index contributed by atoms with van der Waals surface area (Å²) in [4.78, 5) is 13.5. The fraction of sp³-hybridized carbons (Fsp3) is 0. The minimum Gasteiger partial charge on any atom is -0.311 e. The summed E-state index contributed by atoms with van der Waals surface area (Å²) in [6.45, 7) is 0. The molecule has 0 radical (unpaired) electrons. The highest BCUT2D eigenvalue weighted by molar-refractivity contribution is 6.22. The minimum absolute atomic E-state index is 1.10. The third-order valence-corrected chi connectivity index (χ3v) is 12.0. The van der Waals surface area contributed by atoms with Gasteiger partial charge in [-0.2, -0.15) is 0 Å². The number of nitrogens with zero attached hydrogens (tertiary/aromatic N) is 4. The van der Waals surface area contributed by atoms with Crippen LogP contribution in [0.15, 0.2) is 255 Å². The van der Waals surface area contributed by atoms with Crippen LogP contribution >= 0.6 is 0 Å². The van der Waals surface area contributed by atoms with Gasteiger partial charge in [0, 0.05) is 58.9 Å². The minimum atomic E-state index is 1.10. The number of rotatable bonds is 10. The van der Waals surface area contributed by atoms with E-state index in [1.807, 2.05) is 24.8 Å². The molecule has 0 N–H and O–H groups in total. The van der Waals surface area contributed by atoms with Gasteiger partial charge in [0.05, 0.1) is 0 Å². The molecule has 0 aliphatic rings. The number of para-hydroxylation sites is 4. The van der Waals surface area contributed by atoms with Crippen LogP contribution in [-0.2, 0) is 0 Å². The average Bonchev–Trinajstić information content (AvgIpc) is 3.38. The van der Waals surface area contributed by atoms with Crippen LogP contribution in [0.2, 0.25) is 0 Å². The van der Waals surface area contributed by atoms with Crippen molar-refractivity contribution in [3.8, 4) is 44.5 Å². The van der Waals surface area contributed by atoms with E-state index in [-0.39, 0.29) is 0 Å². The van der Waals surface area contributed by atoms with Gasteiger partial charge in [-0.05, 0) is 175 Å². The van der Waals surface area contributed by atoms with Crippen LogP contribution in [0.1, 0.15) is 0 Å². The quantitative estimate of drug-likeness (QED) is 0.129. The molecular formula is C60H42N4. The zero-order valence-corrected chi connectivity index (χ0v) is 35.0. The Morgan fingerprint density at radius 3 is 0.812 bits per heavy atom. The molecule has 4 heteroatoms. The molecule has 0 aliphatic heterocycles. The molecule has 64 heavy (non-hydrogen) atoms. The van der Waals surface area contributed by atoms with Crippen molar-refractivity contribution in [2.75, 3.05) is 9.80 Å². The van der Waals surface area contributed by atoms with Gasteiger partial charge in [-0.3, -0.25) is 9.97 Å². The number of fused-ring (bicyclic) bond motifs is 3. The summed E-state index contributed by atoms with van der Waals surface area (Å²) in [7, 11) is 0. The molecule has 0 spiro atoms. The van der Waals surface area contributed by atoms with Crippen LogP contribution in [0.5, 0.6) is 0 Å². The van der Waals surface area contributed by atoms with Crippen LogP contribution in [0.3, 0.4) is 0 Å². The van der Waals surface area contributed by atoms with Crippen molar-refractivity contribution in [2.24, 2.45) is 0 Å². The molecule has 11 rings (SSSR count). The van der Waals surface area contributed by atoms with Crippen molar-refractivity contribution in [1.29, 1.82) is 0 Å². The second-order valence-corrected chi connectivity index (χ2v) is 15.8. The second kappa shape index (κ2) is 17.0. The van der Waals surface area contributed by atoms with Crippen molar-refractivity contribution >= 4 is 55.7 Å². The SMILES string of the molecule is c1ccc(N(c2ccccc2)c2ccc(-c3ccc4c(c3)c(-c3ccncc3)c(-c3ccncc3)c3cc(-c5ccc(N(c6ccccc6)c6ccccc6)cc5)ccc34)cc2)cc1. The van der Waals surface area contributed by atoms with Crippen LogP contribution in [0.25, 0.3) is 66.1 Å². The highest BCUT2D eigenvalue weighted by atomic mass is 15.1. The Bertz CT molecular complexity index is 3020. The molecule has 0 saturated carbocycles. The lowest BCUT2D eigenvalue weighted by Gasteiger charge is -2.25. The van der Waals surface area contributed by atoms with E-state index in [1.165, 1.54) is 32.7 Å². The number of hydrogen-bond donors (Lipinski definition) is 0. The molecule has 11 aromatic rings. The Kier molecular flexibility index (Phi) is 10.2. The van der Waals surface area contributed by atoms with Crippen LogP contribution in [-0.4, -0.2) is 9.97 Å². The molecule has 9 aromatic carbocycles. The summed E-state index contributed by atoms with van der Waals surface area (Å²) in [5.74, 6) is 0. The van der Waals surface area contributed by atoms with Gasteiger partial charge in [0.25, 0.3) is 0 Å². The van der Waals surface area contributed by atoms with E-state index in [0.717, 1.165) is 67.5 Å². The van der Waals surface area contributed by atoms with Gasteiger partial charge in [0.2, 0.25) is 0 Å². The molecule has 2 heterocycles. The summed E-state index contributed by atoms with van der Waals surface area (Å²) in [6.07, 6.45) is 7.56. The Hall–Kier alpha value is -8.60. The maximum Gasteiger partial charge on any atom is 0.0462 e. The fourth-order valence-corrected chi connectivity index (χ4v) is 9.05. The highest BCUT2D eigenvalue weighted by Crippen LogP contribution is 2.47. The molecule has 4 nitrogen and oxygen atoms in total. The van der Waals surface area contributed by atoms with Gasteiger partial charge in [-0.15, -0.1) is 0 Å². The molecule has 0 unspecified atom stereocenters. The number of hydrogen-bond acceptors (Lipinski definition) is 4. The van der Waals surface area contributed by atoms with E-state index in [1.54, 1.807) is 0 Å². The predicted octanol–water partition coefficient (Wildman–Crippen LogP) is 16.4. The van der Waals surface area contributed by atoms with Gasteiger partial charge in [0.15, 0.2) is 0 Å². The first kappa shape index (κ1) is 38.3. The molecule has 0 fully saturated rings. The zero-order chi connectivity index (χ0) is 42.7. The predicted molar refractivity (Wildman–Crippen MR) is 268 cm³/mol. The topological polar surface area (TPSA) is 32.3 Å². The average molecular weight is 819 g/mol. The Morgan fingerprint density at radius 2 is 0.500 bits per heavy atom. The van der Waals surface area contributed by atoms with Crippen molar-refractivity contribution < 1.29 is 0 Å². The largest absolute Gasteiger partial charge is 0.311 e. The first-order valence-electron chi connectivity index (χ1n) is 21.6. The van der Waals surface area contributed by atoms with Crippen molar-refractivity contribution in [3.05, 3.63) is 255 Å². The number of pyridine rings is 2. The van der Waals surface area contributed by atoms with Crippen molar-refractivity contribution in [1.82, 2.24) is 9.97 Å². The Morgan fingerprint density at radius 1 is 0.219 bits per heavy atom. The zero-order valence-electron chi connectivity index (χ0n) is 35.0. The van der Waals surface area contributed by atoms with Crippen LogP contribution in [0.4, 0.5) is 34.1 Å². The van der Waals surface area contributed by atoms with Gasteiger partial charge < -0.3 is 9.80 Å². The van der Waals surface area contributed by atoms with Crippen molar-refractivity contribution in [3.63, 3.8) is 0 Å². The molecule has 0 amide bonds. The number of aromatic nitrogens is 2. The van der Waals surface area contributed by atoms with E-state index in [9.17, 15) is 0 Å². The molecule has 0 aliphatic carbocycles. The lowest BCUT2D eigenvalue weighted by molar-refractivity contribution is 1.28. The molecule has 0 atom stereocenters. The fourth-order valence-electron chi connectivity index (χ4n) is 9.05. The molecule has 0 saturated heterocycles. The summed E-state index contributed by atoms with van der Waals surface area (Å²) in [5, 5.41) is 4.76. The first-order valence-corrected chi connectivity index (χ1v) is 21.6. The lowest BCUT2D eigenvalue weighted by Crippen LogP contribution is -2.09. The van der Waals surface area contributed by atoms with Crippen LogP contribution < -0.4 is 9.80 Å². The summed E-state index contributed by atoms with van der Waals surface area (Å²) >= 11 is 0. The van der Waals surface area contributed by atoms with E-state index in [0.29, 0.717) is 0 Å². The third-order valence-electron chi connectivity index (χ3n) is 12.0. The van der Waals surface area contributed by atoms with Gasteiger partial charge in [-0.25, -0.2) is 0 Å². The monoisotopic (exact) mass is 818 g/mol. The van der Waals surface area contributed by atoms with E-state index >= 15 is 0 Å². The third kappa shape index (κ3) is 7.33. The van der Waals surface area contributed by atoms with Gasteiger partial charge >= 0.3 is 0 Å². The normalized spacial score (nSPS) is 11.1.